The maximum absolute atomic E-state index is 12.0. The lowest BCUT2D eigenvalue weighted by atomic mass is 10.3. The molecule has 0 bridgehead atoms. The van der Waals surface area contributed by atoms with Crippen LogP contribution in [-0.2, 0) is 6.54 Å². The highest BCUT2D eigenvalue weighted by Crippen LogP contribution is 2.25. The largest absolute Gasteiger partial charge is 0.494 e. The van der Waals surface area contributed by atoms with Crippen LogP contribution < -0.4 is 20.1 Å². The maximum Gasteiger partial charge on any atom is 0.319 e. The summed E-state index contributed by atoms with van der Waals surface area (Å²) in [7, 11) is 0. The average molecular weight is 380 g/mol. The van der Waals surface area contributed by atoms with E-state index < -0.39 is 0 Å². The van der Waals surface area contributed by atoms with Gasteiger partial charge in [0.1, 0.15) is 17.2 Å². The molecule has 0 saturated heterocycles. The highest BCUT2D eigenvalue weighted by molar-refractivity contribution is 5.89. The van der Waals surface area contributed by atoms with Crippen LogP contribution in [-0.4, -0.2) is 28.7 Å². The summed E-state index contributed by atoms with van der Waals surface area (Å²) < 4.78 is 13.2. The van der Waals surface area contributed by atoms with Crippen molar-refractivity contribution in [2.75, 3.05) is 18.5 Å². The lowest BCUT2D eigenvalue weighted by molar-refractivity contribution is 0.252. The van der Waals surface area contributed by atoms with Gasteiger partial charge < -0.3 is 24.7 Å². The van der Waals surface area contributed by atoms with Crippen molar-refractivity contribution in [3.05, 3.63) is 67.3 Å². The Kier molecular flexibility index (Phi) is 6.89. The van der Waals surface area contributed by atoms with Gasteiger partial charge in [-0.05, 0) is 61.9 Å². The van der Waals surface area contributed by atoms with Gasteiger partial charge in [-0.15, -0.1) is 0 Å². The minimum atomic E-state index is -0.231. The van der Waals surface area contributed by atoms with Crippen molar-refractivity contribution in [3.63, 3.8) is 0 Å². The van der Waals surface area contributed by atoms with E-state index >= 15 is 0 Å². The predicted octanol–water partition coefficient (Wildman–Crippen LogP) is 4.29. The van der Waals surface area contributed by atoms with Crippen molar-refractivity contribution < 1.29 is 14.3 Å². The van der Waals surface area contributed by atoms with Crippen LogP contribution in [0.5, 0.6) is 17.2 Å². The third-order valence-corrected chi connectivity index (χ3v) is 3.92. The number of anilines is 1. The number of hydrogen-bond donors (Lipinski definition) is 2. The number of carbonyl (C=O) groups excluding carboxylic acids is 1. The van der Waals surface area contributed by atoms with Crippen LogP contribution >= 0.6 is 0 Å². The zero-order valence-corrected chi connectivity index (χ0v) is 15.8. The first-order valence-corrected chi connectivity index (χ1v) is 9.24. The average Bonchev–Trinajstić information content (AvgIpc) is 3.22. The number of nitrogens with zero attached hydrogens (tertiary/aromatic N) is 2. The van der Waals surface area contributed by atoms with E-state index in [1.807, 2.05) is 54.1 Å². The molecule has 146 valence electrons. The standard InChI is InChI=1S/C21H24N4O3/c1-2-27-18-8-10-20(11-9-18)28-19-6-4-17(5-7-19)24-21(26)23-12-3-14-25-15-13-22-16-25/h4-11,13,15-16H,2-3,12,14H2,1H3,(H2,23,24,26). The Labute approximate surface area is 164 Å². The zero-order chi connectivity index (χ0) is 19.6. The molecule has 1 heterocycles. The van der Waals surface area contributed by atoms with Gasteiger partial charge in [-0.1, -0.05) is 0 Å². The number of nitrogens with one attached hydrogen (secondary N) is 2. The van der Waals surface area contributed by atoms with Gasteiger partial charge in [0.15, 0.2) is 0 Å². The van der Waals surface area contributed by atoms with Crippen molar-refractivity contribution in [2.45, 2.75) is 19.9 Å². The van der Waals surface area contributed by atoms with E-state index in [0.29, 0.717) is 24.6 Å². The molecule has 0 radical (unpaired) electrons. The predicted molar refractivity (Wildman–Crippen MR) is 108 cm³/mol. The number of benzene rings is 2. The molecule has 0 aliphatic rings. The van der Waals surface area contributed by atoms with E-state index in [2.05, 4.69) is 15.6 Å². The molecule has 0 aliphatic heterocycles. The Balaban J connectivity index is 1.41. The van der Waals surface area contributed by atoms with Gasteiger partial charge in [-0.25, -0.2) is 9.78 Å². The molecule has 7 nitrogen and oxygen atoms in total. The van der Waals surface area contributed by atoms with Gasteiger partial charge >= 0.3 is 6.03 Å². The SMILES string of the molecule is CCOc1ccc(Oc2ccc(NC(=O)NCCCn3ccnc3)cc2)cc1. The van der Waals surface area contributed by atoms with Gasteiger partial charge in [0.25, 0.3) is 0 Å². The lowest BCUT2D eigenvalue weighted by Crippen LogP contribution is -2.29. The monoisotopic (exact) mass is 380 g/mol. The van der Waals surface area contributed by atoms with Crippen LogP contribution in [0.25, 0.3) is 0 Å². The first-order valence-electron chi connectivity index (χ1n) is 9.24. The smallest absolute Gasteiger partial charge is 0.319 e. The second-order valence-electron chi connectivity index (χ2n) is 6.07. The molecule has 3 aromatic rings. The molecule has 3 rings (SSSR count). The summed E-state index contributed by atoms with van der Waals surface area (Å²) in [6.07, 6.45) is 6.23. The third-order valence-electron chi connectivity index (χ3n) is 3.92. The first-order chi connectivity index (χ1) is 13.7. The van der Waals surface area contributed by atoms with Gasteiger partial charge in [-0.2, -0.15) is 0 Å². The third kappa shape index (κ3) is 6.05. The van der Waals surface area contributed by atoms with E-state index in [0.717, 1.165) is 24.5 Å². The summed E-state index contributed by atoms with van der Waals surface area (Å²) in [6, 6.07) is 14.4. The summed E-state index contributed by atoms with van der Waals surface area (Å²) in [5.74, 6) is 2.22. The molecule has 0 spiro atoms. The molecular formula is C21H24N4O3. The Morgan fingerprint density at radius 2 is 1.71 bits per heavy atom. The normalized spacial score (nSPS) is 10.3. The van der Waals surface area contributed by atoms with E-state index in [1.54, 1.807) is 24.7 Å². The molecule has 2 N–H and O–H groups in total. The van der Waals surface area contributed by atoms with Gasteiger partial charge in [-0.3, -0.25) is 0 Å². The number of carbonyl (C=O) groups is 1. The van der Waals surface area contributed by atoms with Crippen molar-refractivity contribution in [2.24, 2.45) is 0 Å². The van der Waals surface area contributed by atoms with E-state index in [9.17, 15) is 4.79 Å². The number of urea groups is 1. The van der Waals surface area contributed by atoms with Crippen molar-refractivity contribution in [3.8, 4) is 17.2 Å². The fraction of sp³-hybridized carbons (Fsp3) is 0.238. The Bertz CT molecular complexity index is 846. The molecule has 2 aromatic carbocycles. The molecule has 0 aliphatic carbocycles. The van der Waals surface area contributed by atoms with Crippen molar-refractivity contribution >= 4 is 11.7 Å². The Morgan fingerprint density at radius 1 is 1.04 bits per heavy atom. The molecule has 28 heavy (non-hydrogen) atoms. The summed E-state index contributed by atoms with van der Waals surface area (Å²) in [5, 5.41) is 5.64. The molecule has 0 unspecified atom stereocenters. The Morgan fingerprint density at radius 3 is 2.36 bits per heavy atom. The number of hydrogen-bond acceptors (Lipinski definition) is 4. The van der Waals surface area contributed by atoms with Crippen LogP contribution in [0.3, 0.4) is 0 Å². The molecule has 0 saturated carbocycles. The first kappa shape index (κ1) is 19.3. The fourth-order valence-electron chi connectivity index (χ4n) is 2.57. The summed E-state index contributed by atoms with van der Waals surface area (Å²) in [6.45, 7) is 3.98. The number of aromatic nitrogens is 2. The van der Waals surface area contributed by atoms with Gasteiger partial charge in [0.2, 0.25) is 0 Å². The topological polar surface area (TPSA) is 77.4 Å². The van der Waals surface area contributed by atoms with E-state index in [4.69, 9.17) is 9.47 Å². The second kappa shape index (κ2) is 10.0. The summed E-state index contributed by atoms with van der Waals surface area (Å²) in [5.41, 5.74) is 0.700. The van der Waals surface area contributed by atoms with Gasteiger partial charge in [0, 0.05) is 31.2 Å². The fourth-order valence-corrected chi connectivity index (χ4v) is 2.57. The minimum Gasteiger partial charge on any atom is -0.494 e. The van der Waals surface area contributed by atoms with E-state index in [-0.39, 0.29) is 6.03 Å². The van der Waals surface area contributed by atoms with Gasteiger partial charge in [0.05, 0.1) is 12.9 Å². The molecular weight excluding hydrogens is 356 g/mol. The summed E-state index contributed by atoms with van der Waals surface area (Å²) in [4.78, 5) is 15.9. The highest BCUT2D eigenvalue weighted by atomic mass is 16.5. The number of rotatable bonds is 9. The van der Waals surface area contributed by atoms with E-state index in [1.165, 1.54) is 0 Å². The number of ether oxygens (including phenoxy) is 2. The molecule has 7 heteroatoms. The second-order valence-corrected chi connectivity index (χ2v) is 6.07. The van der Waals surface area contributed by atoms with Crippen LogP contribution in [0.1, 0.15) is 13.3 Å². The lowest BCUT2D eigenvalue weighted by Gasteiger charge is -2.10. The Hall–Kier alpha value is -3.48. The maximum atomic E-state index is 12.0. The highest BCUT2D eigenvalue weighted by Gasteiger charge is 2.03. The number of aryl methyl sites for hydroxylation is 1. The number of amides is 2. The summed E-state index contributed by atoms with van der Waals surface area (Å²) >= 11 is 0. The van der Waals surface area contributed by atoms with Crippen LogP contribution in [0.4, 0.5) is 10.5 Å². The van der Waals surface area contributed by atoms with Crippen molar-refractivity contribution in [1.29, 1.82) is 0 Å². The number of imidazole rings is 1. The molecule has 0 atom stereocenters. The van der Waals surface area contributed by atoms with Crippen molar-refractivity contribution in [1.82, 2.24) is 14.9 Å². The van der Waals surface area contributed by atoms with Crippen LogP contribution in [0.15, 0.2) is 67.3 Å². The molecule has 1 aromatic heterocycles. The molecule has 2 amide bonds. The quantitative estimate of drug-likeness (QED) is 0.543. The van der Waals surface area contributed by atoms with Crippen LogP contribution in [0.2, 0.25) is 0 Å². The minimum absolute atomic E-state index is 0.231. The van der Waals surface area contributed by atoms with Crippen LogP contribution in [0, 0.1) is 0 Å². The zero-order valence-electron chi connectivity index (χ0n) is 15.8. The molecule has 0 fully saturated rings.